The molecule has 2 unspecified atom stereocenters. The first-order valence-electron chi connectivity index (χ1n) is 7.31. The van der Waals surface area contributed by atoms with Crippen molar-refractivity contribution in [1.82, 2.24) is 15.2 Å². The van der Waals surface area contributed by atoms with E-state index in [2.05, 4.69) is 49.2 Å². The molecule has 0 amide bonds. The number of pyridine rings is 1. The number of ether oxygens (including phenoxy) is 1. The van der Waals surface area contributed by atoms with Crippen LogP contribution in [0.1, 0.15) is 45.7 Å². The average molecular weight is 279 g/mol. The highest BCUT2D eigenvalue weighted by molar-refractivity contribution is 5.28. The molecule has 2 atom stereocenters. The van der Waals surface area contributed by atoms with Crippen molar-refractivity contribution < 1.29 is 4.74 Å². The van der Waals surface area contributed by atoms with Crippen LogP contribution in [0.15, 0.2) is 18.5 Å². The zero-order valence-corrected chi connectivity index (χ0v) is 13.9. The number of hydrogen-bond acceptors (Lipinski definition) is 4. The summed E-state index contributed by atoms with van der Waals surface area (Å²) in [5.41, 5.74) is 1.18. The second kappa shape index (κ2) is 7.04. The lowest BCUT2D eigenvalue weighted by Gasteiger charge is -2.42. The van der Waals surface area contributed by atoms with Gasteiger partial charge < -0.3 is 15.0 Å². The molecule has 1 aromatic rings. The van der Waals surface area contributed by atoms with Gasteiger partial charge in [-0.3, -0.25) is 4.98 Å². The third-order valence-corrected chi connectivity index (χ3v) is 4.09. The summed E-state index contributed by atoms with van der Waals surface area (Å²) < 4.78 is 5.75. The van der Waals surface area contributed by atoms with Crippen LogP contribution in [0.2, 0.25) is 0 Å². The van der Waals surface area contributed by atoms with E-state index in [4.69, 9.17) is 4.74 Å². The van der Waals surface area contributed by atoms with Gasteiger partial charge in [-0.15, -0.1) is 0 Å². The highest BCUT2D eigenvalue weighted by atomic mass is 16.5. The lowest BCUT2D eigenvalue weighted by molar-refractivity contribution is 0.116. The van der Waals surface area contributed by atoms with E-state index in [-0.39, 0.29) is 17.7 Å². The number of hydrogen-bond donors (Lipinski definition) is 1. The lowest BCUT2D eigenvalue weighted by atomic mass is 9.84. The maximum atomic E-state index is 5.75. The summed E-state index contributed by atoms with van der Waals surface area (Å²) in [6.45, 7) is 8.53. The first-order valence-corrected chi connectivity index (χ1v) is 7.31. The third-order valence-electron chi connectivity index (χ3n) is 4.09. The average Bonchev–Trinajstić information content (AvgIpc) is 2.38. The Balaban J connectivity index is 3.12. The molecule has 0 aliphatic heterocycles. The fourth-order valence-corrected chi connectivity index (χ4v) is 2.55. The number of likely N-dealkylation sites (N-methyl/N-ethyl adjacent to an activating group) is 2. The Morgan fingerprint density at radius 1 is 1.35 bits per heavy atom. The Morgan fingerprint density at radius 2 is 2.00 bits per heavy atom. The summed E-state index contributed by atoms with van der Waals surface area (Å²) in [4.78, 5) is 6.60. The minimum absolute atomic E-state index is 0.0207. The van der Waals surface area contributed by atoms with Crippen LogP contribution < -0.4 is 10.1 Å². The van der Waals surface area contributed by atoms with Gasteiger partial charge in [0.25, 0.3) is 0 Å². The Bertz CT molecular complexity index is 420. The topological polar surface area (TPSA) is 37.4 Å². The van der Waals surface area contributed by atoms with Crippen molar-refractivity contribution in [3.8, 4) is 5.75 Å². The molecule has 0 saturated carbocycles. The summed E-state index contributed by atoms with van der Waals surface area (Å²) in [6, 6.07) is 2.29. The van der Waals surface area contributed by atoms with Gasteiger partial charge in [0.05, 0.1) is 18.3 Å². The number of nitrogens with zero attached hydrogens (tertiary/aromatic N) is 2. The zero-order valence-electron chi connectivity index (χ0n) is 13.9. The summed E-state index contributed by atoms with van der Waals surface area (Å²) in [5.74, 6) is 0.829. The molecule has 1 aromatic heterocycles. The monoisotopic (exact) mass is 279 g/mol. The molecule has 1 heterocycles. The van der Waals surface area contributed by atoms with E-state index < -0.39 is 0 Å². The van der Waals surface area contributed by atoms with E-state index in [0.29, 0.717) is 0 Å². The number of aromatic nitrogens is 1. The quantitative estimate of drug-likeness (QED) is 0.833. The Hall–Kier alpha value is -1.13. The van der Waals surface area contributed by atoms with Gasteiger partial charge in [0.2, 0.25) is 0 Å². The predicted octanol–water partition coefficient (Wildman–Crippen LogP) is 2.86. The second-order valence-electron chi connectivity index (χ2n) is 5.95. The molecule has 114 valence electrons. The molecule has 0 aromatic carbocycles. The molecule has 1 rings (SSSR count). The summed E-state index contributed by atoms with van der Waals surface area (Å²) >= 11 is 0. The molecule has 4 heteroatoms. The Labute approximate surface area is 123 Å². The first kappa shape index (κ1) is 16.9. The minimum Gasteiger partial charge on any atom is -0.489 e. The molecule has 0 aliphatic carbocycles. The highest BCUT2D eigenvalue weighted by Crippen LogP contribution is 2.33. The van der Waals surface area contributed by atoms with Crippen molar-refractivity contribution in [1.29, 1.82) is 0 Å². The first-order chi connectivity index (χ1) is 9.35. The second-order valence-corrected chi connectivity index (χ2v) is 5.95. The van der Waals surface area contributed by atoms with Crippen LogP contribution in [0.25, 0.3) is 0 Å². The van der Waals surface area contributed by atoms with Gasteiger partial charge in [-0.2, -0.15) is 0 Å². The van der Waals surface area contributed by atoms with E-state index in [1.54, 1.807) is 6.20 Å². The van der Waals surface area contributed by atoms with Crippen molar-refractivity contribution in [2.45, 2.75) is 51.8 Å². The maximum Gasteiger partial charge on any atom is 0.138 e. The summed E-state index contributed by atoms with van der Waals surface area (Å²) in [5, 5.41) is 3.43. The van der Waals surface area contributed by atoms with Gasteiger partial charge in [0.1, 0.15) is 5.75 Å². The fraction of sp³-hybridized carbons (Fsp3) is 0.688. The molecule has 0 saturated heterocycles. The SMILES string of the molecule is CCC(C)(C(NC)c1cncc(OC(C)C)c1)N(C)C. The number of rotatable bonds is 7. The van der Waals surface area contributed by atoms with Crippen molar-refractivity contribution in [3.05, 3.63) is 24.0 Å². The van der Waals surface area contributed by atoms with Crippen LogP contribution in [0.4, 0.5) is 0 Å². The normalized spacial score (nSPS) is 16.2. The van der Waals surface area contributed by atoms with Crippen molar-refractivity contribution in [2.75, 3.05) is 21.1 Å². The minimum atomic E-state index is 0.0207. The van der Waals surface area contributed by atoms with Crippen molar-refractivity contribution >= 4 is 0 Å². The van der Waals surface area contributed by atoms with E-state index in [1.807, 2.05) is 27.1 Å². The van der Waals surface area contributed by atoms with Gasteiger partial charge in [0, 0.05) is 11.7 Å². The third kappa shape index (κ3) is 3.70. The van der Waals surface area contributed by atoms with Crippen LogP contribution in [0.5, 0.6) is 5.75 Å². The van der Waals surface area contributed by atoms with Gasteiger partial charge >= 0.3 is 0 Å². The van der Waals surface area contributed by atoms with Crippen LogP contribution in [-0.4, -0.2) is 42.7 Å². The number of nitrogens with one attached hydrogen (secondary N) is 1. The molecule has 0 spiro atoms. The molecule has 0 fully saturated rings. The summed E-state index contributed by atoms with van der Waals surface area (Å²) in [7, 11) is 6.24. The zero-order chi connectivity index (χ0) is 15.3. The van der Waals surface area contributed by atoms with Gasteiger partial charge in [-0.1, -0.05) is 6.92 Å². The largest absolute Gasteiger partial charge is 0.489 e. The molecule has 0 bridgehead atoms. The van der Waals surface area contributed by atoms with E-state index in [0.717, 1.165) is 17.7 Å². The molecule has 20 heavy (non-hydrogen) atoms. The smallest absolute Gasteiger partial charge is 0.138 e. The molecular formula is C16H29N3O. The molecule has 0 radical (unpaired) electrons. The lowest BCUT2D eigenvalue weighted by Crippen LogP contribution is -2.50. The van der Waals surface area contributed by atoms with Crippen LogP contribution >= 0.6 is 0 Å². The van der Waals surface area contributed by atoms with Gasteiger partial charge in [0.15, 0.2) is 0 Å². The standard InChI is InChI=1S/C16H29N3O/c1-8-16(4,19(6)7)15(17-5)13-9-14(11-18-10-13)20-12(2)3/h9-12,15,17H,8H2,1-7H3. The van der Waals surface area contributed by atoms with Crippen LogP contribution in [-0.2, 0) is 0 Å². The highest BCUT2D eigenvalue weighted by Gasteiger charge is 2.35. The van der Waals surface area contributed by atoms with E-state index in [1.165, 1.54) is 0 Å². The molecular weight excluding hydrogens is 250 g/mol. The van der Waals surface area contributed by atoms with E-state index >= 15 is 0 Å². The Morgan fingerprint density at radius 3 is 2.45 bits per heavy atom. The Kier molecular flexibility index (Phi) is 5.96. The maximum absolute atomic E-state index is 5.75. The van der Waals surface area contributed by atoms with Crippen molar-refractivity contribution in [2.24, 2.45) is 0 Å². The molecule has 0 aliphatic rings. The molecule has 4 nitrogen and oxygen atoms in total. The fourth-order valence-electron chi connectivity index (χ4n) is 2.55. The van der Waals surface area contributed by atoms with Crippen LogP contribution in [0, 0.1) is 0 Å². The summed E-state index contributed by atoms with van der Waals surface area (Å²) in [6.07, 6.45) is 4.90. The van der Waals surface area contributed by atoms with E-state index in [9.17, 15) is 0 Å². The van der Waals surface area contributed by atoms with Crippen LogP contribution in [0.3, 0.4) is 0 Å². The van der Waals surface area contributed by atoms with Gasteiger partial charge in [-0.25, -0.2) is 0 Å². The van der Waals surface area contributed by atoms with Crippen molar-refractivity contribution in [3.63, 3.8) is 0 Å². The molecule has 1 N–H and O–H groups in total. The van der Waals surface area contributed by atoms with Gasteiger partial charge in [-0.05, 0) is 60.0 Å². The predicted molar refractivity (Wildman–Crippen MR) is 84.2 cm³/mol.